The minimum atomic E-state index is -0.965. The number of piperazine rings is 1. The van der Waals surface area contributed by atoms with Gasteiger partial charge < -0.3 is 19.2 Å². The fourth-order valence-corrected chi connectivity index (χ4v) is 4.43. The molecular formula is C27H26N2O5. The third-order valence-corrected chi connectivity index (χ3v) is 6.18. The van der Waals surface area contributed by atoms with Gasteiger partial charge in [0.1, 0.15) is 5.75 Å². The standard InChI is InChI=1S/C27H26N2O5/c30-26-27(31)34-29-17-16-28(19-25(29)33-26)22-11-13-23(14-12-22)32-18-15-24(20-7-3-1-4-8-20)21-9-5-2-6-10-21/h1-14,24-25H,15-19H2. The van der Waals surface area contributed by atoms with Gasteiger partial charge in [-0.25, -0.2) is 9.59 Å². The summed E-state index contributed by atoms with van der Waals surface area (Å²) in [4.78, 5) is 30.0. The van der Waals surface area contributed by atoms with E-state index in [2.05, 4.69) is 53.4 Å². The lowest BCUT2D eigenvalue weighted by Crippen LogP contribution is -2.59. The van der Waals surface area contributed by atoms with Crippen molar-refractivity contribution in [1.82, 2.24) is 5.06 Å². The van der Waals surface area contributed by atoms with Gasteiger partial charge in [-0.2, -0.15) is 0 Å². The lowest BCUT2D eigenvalue weighted by Gasteiger charge is -2.41. The molecule has 0 bridgehead atoms. The van der Waals surface area contributed by atoms with E-state index in [0.717, 1.165) is 17.9 Å². The Morgan fingerprint density at radius 1 is 0.824 bits per heavy atom. The van der Waals surface area contributed by atoms with Crippen LogP contribution < -0.4 is 9.64 Å². The Morgan fingerprint density at radius 2 is 1.47 bits per heavy atom. The van der Waals surface area contributed by atoms with Crippen LogP contribution >= 0.6 is 0 Å². The first kappa shape index (κ1) is 22.0. The normalized spacial score (nSPS) is 18.3. The molecule has 3 aromatic carbocycles. The second-order valence-electron chi connectivity index (χ2n) is 8.33. The number of anilines is 1. The van der Waals surface area contributed by atoms with Crippen molar-refractivity contribution in [3.05, 3.63) is 96.1 Å². The zero-order chi connectivity index (χ0) is 23.3. The molecule has 0 saturated carbocycles. The lowest BCUT2D eigenvalue weighted by atomic mass is 9.89. The predicted octanol–water partition coefficient (Wildman–Crippen LogP) is 3.75. The number of hydroxylamine groups is 2. The second kappa shape index (κ2) is 9.97. The molecule has 1 unspecified atom stereocenters. The van der Waals surface area contributed by atoms with E-state index >= 15 is 0 Å². The highest BCUT2D eigenvalue weighted by Crippen LogP contribution is 2.29. The number of ether oxygens (including phenoxy) is 2. The van der Waals surface area contributed by atoms with Gasteiger partial charge in [0, 0.05) is 18.2 Å². The van der Waals surface area contributed by atoms with Crippen LogP contribution in [0.2, 0.25) is 0 Å². The van der Waals surface area contributed by atoms with Crippen molar-refractivity contribution in [2.45, 2.75) is 18.6 Å². The molecule has 0 amide bonds. The Hall–Kier alpha value is -3.84. The Balaban J connectivity index is 1.18. The number of hydrogen-bond acceptors (Lipinski definition) is 7. The molecule has 7 nitrogen and oxygen atoms in total. The summed E-state index contributed by atoms with van der Waals surface area (Å²) in [5.41, 5.74) is 3.55. The van der Waals surface area contributed by atoms with Crippen molar-refractivity contribution >= 4 is 17.6 Å². The number of fused-ring (bicyclic) bond motifs is 1. The van der Waals surface area contributed by atoms with E-state index in [1.807, 2.05) is 36.4 Å². The smallest absolute Gasteiger partial charge is 0.436 e. The summed E-state index contributed by atoms with van der Waals surface area (Å²) in [6.07, 6.45) is 0.270. The minimum absolute atomic E-state index is 0.269. The van der Waals surface area contributed by atoms with Gasteiger partial charge >= 0.3 is 11.9 Å². The summed E-state index contributed by atoms with van der Waals surface area (Å²) < 4.78 is 11.3. The van der Waals surface area contributed by atoms with Crippen LogP contribution in [0.1, 0.15) is 23.5 Å². The van der Waals surface area contributed by atoms with Crippen LogP contribution in [0.5, 0.6) is 5.75 Å². The molecule has 174 valence electrons. The average molecular weight is 459 g/mol. The van der Waals surface area contributed by atoms with Crippen LogP contribution in [0.15, 0.2) is 84.9 Å². The fourth-order valence-electron chi connectivity index (χ4n) is 4.43. The van der Waals surface area contributed by atoms with E-state index in [9.17, 15) is 9.59 Å². The van der Waals surface area contributed by atoms with Crippen LogP contribution in [0, 0.1) is 0 Å². The summed E-state index contributed by atoms with van der Waals surface area (Å²) in [5.74, 6) is -0.838. The zero-order valence-corrected chi connectivity index (χ0v) is 18.7. The van der Waals surface area contributed by atoms with Crippen molar-refractivity contribution in [3.8, 4) is 5.75 Å². The van der Waals surface area contributed by atoms with Gasteiger partial charge in [-0.1, -0.05) is 65.7 Å². The maximum absolute atomic E-state index is 11.5. The van der Waals surface area contributed by atoms with Crippen LogP contribution in [0.25, 0.3) is 0 Å². The molecule has 0 radical (unpaired) electrons. The molecule has 7 heteroatoms. The summed E-state index contributed by atoms with van der Waals surface area (Å²) in [5, 5.41) is 1.42. The fraction of sp³-hybridized carbons (Fsp3) is 0.259. The summed E-state index contributed by atoms with van der Waals surface area (Å²) in [7, 11) is 0. The van der Waals surface area contributed by atoms with E-state index in [1.54, 1.807) is 0 Å². The van der Waals surface area contributed by atoms with Gasteiger partial charge in [0.15, 0.2) is 0 Å². The van der Waals surface area contributed by atoms with Crippen molar-refractivity contribution in [1.29, 1.82) is 0 Å². The lowest BCUT2D eigenvalue weighted by molar-refractivity contribution is -0.267. The quantitative estimate of drug-likeness (QED) is 0.395. The molecule has 0 aromatic heterocycles. The number of benzene rings is 3. The third kappa shape index (κ3) is 4.89. The Bertz CT molecular complexity index is 1080. The monoisotopic (exact) mass is 458 g/mol. The molecule has 2 heterocycles. The summed E-state index contributed by atoms with van der Waals surface area (Å²) >= 11 is 0. The van der Waals surface area contributed by atoms with E-state index in [0.29, 0.717) is 26.2 Å². The van der Waals surface area contributed by atoms with Crippen LogP contribution in [-0.4, -0.2) is 49.5 Å². The van der Waals surface area contributed by atoms with Gasteiger partial charge in [-0.3, -0.25) is 0 Å². The van der Waals surface area contributed by atoms with Crippen LogP contribution in [0.4, 0.5) is 5.69 Å². The molecule has 5 rings (SSSR count). The summed E-state index contributed by atoms with van der Waals surface area (Å²) in [6.45, 7) is 2.13. The van der Waals surface area contributed by atoms with Gasteiger partial charge in [-0.05, 0) is 41.8 Å². The number of carbonyl (C=O) groups is 2. The molecule has 2 saturated heterocycles. The van der Waals surface area contributed by atoms with E-state index in [4.69, 9.17) is 14.3 Å². The van der Waals surface area contributed by atoms with Gasteiger partial charge in [-0.15, -0.1) is 0 Å². The maximum atomic E-state index is 11.5. The first-order valence-corrected chi connectivity index (χ1v) is 11.4. The van der Waals surface area contributed by atoms with Gasteiger partial charge in [0.2, 0.25) is 6.23 Å². The molecule has 34 heavy (non-hydrogen) atoms. The molecule has 0 spiro atoms. The van der Waals surface area contributed by atoms with E-state index < -0.39 is 18.2 Å². The second-order valence-corrected chi connectivity index (χ2v) is 8.33. The highest BCUT2D eigenvalue weighted by molar-refractivity contribution is 6.29. The van der Waals surface area contributed by atoms with Crippen molar-refractivity contribution < 1.29 is 23.9 Å². The van der Waals surface area contributed by atoms with E-state index in [-0.39, 0.29) is 5.92 Å². The highest BCUT2D eigenvalue weighted by Gasteiger charge is 2.40. The largest absolute Gasteiger partial charge is 0.494 e. The molecule has 1 atom stereocenters. The summed E-state index contributed by atoms with van der Waals surface area (Å²) in [6, 6.07) is 28.9. The average Bonchev–Trinajstić information content (AvgIpc) is 2.88. The van der Waals surface area contributed by atoms with Gasteiger partial charge in [0.05, 0.1) is 19.7 Å². The molecule has 2 aliphatic heterocycles. The number of nitrogens with zero attached hydrogens (tertiary/aromatic N) is 2. The topological polar surface area (TPSA) is 68.3 Å². The van der Waals surface area contributed by atoms with Crippen molar-refractivity contribution in [2.24, 2.45) is 0 Å². The Labute approximate surface area is 198 Å². The van der Waals surface area contributed by atoms with Gasteiger partial charge in [0.25, 0.3) is 0 Å². The molecule has 0 aliphatic carbocycles. The minimum Gasteiger partial charge on any atom is -0.494 e. The maximum Gasteiger partial charge on any atom is 0.436 e. The van der Waals surface area contributed by atoms with Crippen LogP contribution in [-0.2, 0) is 19.2 Å². The van der Waals surface area contributed by atoms with Crippen molar-refractivity contribution in [3.63, 3.8) is 0 Å². The van der Waals surface area contributed by atoms with Crippen molar-refractivity contribution in [2.75, 3.05) is 31.1 Å². The predicted molar refractivity (Wildman–Crippen MR) is 126 cm³/mol. The molecule has 0 N–H and O–H groups in total. The molecular weight excluding hydrogens is 432 g/mol. The molecule has 2 fully saturated rings. The molecule has 2 aliphatic rings. The first-order chi connectivity index (χ1) is 16.7. The Kier molecular flexibility index (Phi) is 6.44. The molecule has 3 aromatic rings. The van der Waals surface area contributed by atoms with Crippen LogP contribution in [0.3, 0.4) is 0 Å². The number of esters is 1. The number of carbonyl (C=O) groups excluding carboxylic acids is 2. The number of hydrogen-bond donors (Lipinski definition) is 0. The van der Waals surface area contributed by atoms with E-state index in [1.165, 1.54) is 16.2 Å². The highest BCUT2D eigenvalue weighted by atomic mass is 16.8. The third-order valence-electron chi connectivity index (χ3n) is 6.18. The SMILES string of the molecule is O=C1OC2CN(c3ccc(OCCC(c4ccccc4)c4ccccc4)cc3)CCN2OC1=O. The zero-order valence-electron chi connectivity index (χ0n) is 18.7. The Morgan fingerprint density at radius 3 is 2.12 bits per heavy atom. The number of rotatable bonds is 7. The first-order valence-electron chi connectivity index (χ1n) is 11.4.